The zero-order chi connectivity index (χ0) is 14.6. The molecular weight excluding hydrogens is 253 g/mol. The summed E-state index contributed by atoms with van der Waals surface area (Å²) < 4.78 is 19.6. The van der Waals surface area contributed by atoms with Crippen LogP contribution in [0.15, 0.2) is 48.5 Å². The lowest BCUT2D eigenvalue weighted by molar-refractivity contribution is 0.373. The third kappa shape index (κ3) is 2.54. The molecule has 2 aromatic rings. The van der Waals surface area contributed by atoms with Crippen LogP contribution in [0.3, 0.4) is 0 Å². The van der Waals surface area contributed by atoms with Crippen LogP contribution in [0.2, 0.25) is 0 Å². The van der Waals surface area contributed by atoms with Crippen molar-refractivity contribution < 1.29 is 9.13 Å². The van der Waals surface area contributed by atoms with E-state index in [0.717, 1.165) is 12.0 Å². The smallest absolute Gasteiger partial charge is 0.170 e. The Balaban J connectivity index is 2.59. The lowest BCUT2D eigenvalue weighted by Gasteiger charge is -2.31. The predicted octanol–water partition coefficient (Wildman–Crippen LogP) is 3.84. The molecule has 0 aromatic heterocycles. The van der Waals surface area contributed by atoms with Crippen LogP contribution in [0.4, 0.5) is 4.39 Å². The average Bonchev–Trinajstić information content (AvgIpc) is 2.48. The number of nitrogens with two attached hydrogens (primary N) is 1. The summed E-state index contributed by atoms with van der Waals surface area (Å²) in [5.74, 6) is -0.154. The van der Waals surface area contributed by atoms with Crippen molar-refractivity contribution in [1.82, 2.24) is 0 Å². The summed E-state index contributed by atoms with van der Waals surface area (Å²) in [7, 11) is 1.46. The van der Waals surface area contributed by atoms with Gasteiger partial charge < -0.3 is 10.5 Å². The molecule has 0 bridgehead atoms. The minimum absolute atomic E-state index is 0.226. The van der Waals surface area contributed by atoms with E-state index in [1.807, 2.05) is 37.3 Å². The highest BCUT2D eigenvalue weighted by molar-refractivity contribution is 5.42. The van der Waals surface area contributed by atoms with Gasteiger partial charge in [-0.15, -0.1) is 0 Å². The van der Waals surface area contributed by atoms with E-state index in [1.165, 1.54) is 7.11 Å². The average molecular weight is 273 g/mol. The Morgan fingerprint density at radius 2 is 1.80 bits per heavy atom. The fourth-order valence-electron chi connectivity index (χ4n) is 2.58. The largest absolute Gasteiger partial charge is 0.494 e. The lowest BCUT2D eigenvalue weighted by atomic mass is 9.80. The van der Waals surface area contributed by atoms with Gasteiger partial charge >= 0.3 is 0 Å². The van der Waals surface area contributed by atoms with E-state index in [1.54, 1.807) is 18.2 Å². The molecule has 3 heteroatoms. The van der Waals surface area contributed by atoms with Crippen LogP contribution < -0.4 is 10.5 Å². The first-order valence-electron chi connectivity index (χ1n) is 6.81. The summed E-state index contributed by atoms with van der Waals surface area (Å²) in [6.45, 7) is 2.04. The van der Waals surface area contributed by atoms with Crippen LogP contribution in [0.5, 0.6) is 5.75 Å². The molecule has 0 saturated carbocycles. The van der Waals surface area contributed by atoms with Gasteiger partial charge in [-0.3, -0.25) is 0 Å². The Bertz CT molecular complexity index is 570. The molecule has 0 amide bonds. The summed E-state index contributed by atoms with van der Waals surface area (Å²) in [5, 5.41) is 0. The fourth-order valence-corrected chi connectivity index (χ4v) is 2.58. The summed E-state index contributed by atoms with van der Waals surface area (Å²) in [5.41, 5.74) is 7.13. The minimum Gasteiger partial charge on any atom is -0.494 e. The maximum atomic E-state index is 14.6. The van der Waals surface area contributed by atoms with Gasteiger partial charge in [0.2, 0.25) is 0 Å². The number of hydrogen-bond acceptors (Lipinski definition) is 2. The van der Waals surface area contributed by atoms with E-state index in [9.17, 15) is 4.39 Å². The van der Waals surface area contributed by atoms with Crippen molar-refractivity contribution in [3.63, 3.8) is 0 Å². The highest BCUT2D eigenvalue weighted by Crippen LogP contribution is 2.35. The van der Waals surface area contributed by atoms with Crippen LogP contribution in [-0.2, 0) is 5.54 Å². The van der Waals surface area contributed by atoms with Crippen LogP contribution in [0, 0.1) is 5.82 Å². The maximum absolute atomic E-state index is 14.6. The van der Waals surface area contributed by atoms with E-state index in [-0.39, 0.29) is 11.6 Å². The first-order chi connectivity index (χ1) is 9.63. The van der Waals surface area contributed by atoms with Gasteiger partial charge in [0.05, 0.1) is 12.6 Å². The summed E-state index contributed by atoms with van der Waals surface area (Å²) >= 11 is 0. The van der Waals surface area contributed by atoms with Gasteiger partial charge in [-0.25, -0.2) is 4.39 Å². The van der Waals surface area contributed by atoms with Gasteiger partial charge in [0.25, 0.3) is 0 Å². The Morgan fingerprint density at radius 1 is 1.10 bits per heavy atom. The summed E-state index contributed by atoms with van der Waals surface area (Å²) in [6.07, 6.45) is 1.53. The molecule has 0 fully saturated rings. The molecule has 106 valence electrons. The van der Waals surface area contributed by atoms with Crippen molar-refractivity contribution in [2.24, 2.45) is 5.73 Å². The van der Waals surface area contributed by atoms with E-state index < -0.39 is 5.54 Å². The lowest BCUT2D eigenvalue weighted by Crippen LogP contribution is -2.38. The number of benzene rings is 2. The molecule has 1 unspecified atom stereocenters. The van der Waals surface area contributed by atoms with Gasteiger partial charge in [0.15, 0.2) is 11.6 Å². The van der Waals surface area contributed by atoms with Crippen LogP contribution in [0.25, 0.3) is 0 Å². The molecule has 0 spiro atoms. The van der Waals surface area contributed by atoms with Gasteiger partial charge in [0, 0.05) is 5.56 Å². The van der Waals surface area contributed by atoms with Gasteiger partial charge in [0.1, 0.15) is 0 Å². The van der Waals surface area contributed by atoms with Gasteiger partial charge in [-0.1, -0.05) is 55.8 Å². The second kappa shape index (κ2) is 6.06. The van der Waals surface area contributed by atoms with Gasteiger partial charge in [-0.2, -0.15) is 0 Å². The van der Waals surface area contributed by atoms with E-state index in [0.29, 0.717) is 12.0 Å². The maximum Gasteiger partial charge on any atom is 0.170 e. The third-order valence-electron chi connectivity index (χ3n) is 3.60. The Morgan fingerprint density at radius 3 is 2.40 bits per heavy atom. The monoisotopic (exact) mass is 273 g/mol. The normalized spacial score (nSPS) is 13.8. The molecule has 0 aliphatic heterocycles. The Kier molecular flexibility index (Phi) is 4.40. The first kappa shape index (κ1) is 14.5. The van der Waals surface area contributed by atoms with E-state index in [2.05, 4.69) is 0 Å². The topological polar surface area (TPSA) is 35.2 Å². The van der Waals surface area contributed by atoms with Crippen molar-refractivity contribution >= 4 is 0 Å². The SMILES string of the molecule is CCCC(N)(c1ccccc1)c1cccc(OC)c1F. The molecule has 0 aliphatic rings. The summed E-state index contributed by atoms with van der Waals surface area (Å²) in [6, 6.07) is 14.8. The molecule has 1 atom stereocenters. The van der Waals surface area contributed by atoms with Crippen molar-refractivity contribution in [1.29, 1.82) is 0 Å². The zero-order valence-electron chi connectivity index (χ0n) is 11.9. The van der Waals surface area contributed by atoms with Crippen LogP contribution in [-0.4, -0.2) is 7.11 Å². The molecule has 2 N–H and O–H groups in total. The number of rotatable bonds is 5. The second-order valence-corrected chi connectivity index (χ2v) is 4.91. The van der Waals surface area contributed by atoms with Crippen molar-refractivity contribution in [2.45, 2.75) is 25.3 Å². The molecule has 2 rings (SSSR count). The molecule has 20 heavy (non-hydrogen) atoms. The van der Waals surface area contributed by atoms with Crippen LogP contribution >= 0.6 is 0 Å². The number of halogens is 1. The molecule has 2 aromatic carbocycles. The highest BCUT2D eigenvalue weighted by Gasteiger charge is 2.32. The van der Waals surface area contributed by atoms with Crippen LogP contribution in [0.1, 0.15) is 30.9 Å². The molecule has 2 nitrogen and oxygen atoms in total. The zero-order valence-corrected chi connectivity index (χ0v) is 11.9. The van der Waals surface area contributed by atoms with Crippen molar-refractivity contribution in [3.05, 3.63) is 65.5 Å². The van der Waals surface area contributed by atoms with E-state index >= 15 is 0 Å². The number of methoxy groups -OCH3 is 1. The second-order valence-electron chi connectivity index (χ2n) is 4.91. The number of ether oxygens (including phenoxy) is 1. The number of hydrogen-bond donors (Lipinski definition) is 1. The quantitative estimate of drug-likeness (QED) is 0.898. The molecule has 0 aliphatic carbocycles. The molecule has 0 heterocycles. The van der Waals surface area contributed by atoms with E-state index in [4.69, 9.17) is 10.5 Å². The standard InChI is InChI=1S/C17H20FNO/c1-3-12-17(19,13-8-5-4-6-9-13)14-10-7-11-15(20-2)16(14)18/h4-11H,3,12,19H2,1-2H3. The highest BCUT2D eigenvalue weighted by atomic mass is 19.1. The molecule has 0 saturated heterocycles. The Labute approximate surface area is 119 Å². The third-order valence-corrected chi connectivity index (χ3v) is 3.60. The molecule has 0 radical (unpaired) electrons. The summed E-state index contributed by atoms with van der Waals surface area (Å²) in [4.78, 5) is 0. The Hall–Kier alpha value is -1.87. The predicted molar refractivity (Wildman–Crippen MR) is 79.3 cm³/mol. The van der Waals surface area contributed by atoms with Crippen molar-refractivity contribution in [2.75, 3.05) is 7.11 Å². The first-order valence-corrected chi connectivity index (χ1v) is 6.81. The van der Waals surface area contributed by atoms with Crippen molar-refractivity contribution in [3.8, 4) is 5.75 Å². The molecular formula is C17H20FNO. The van der Waals surface area contributed by atoms with Gasteiger partial charge in [-0.05, 0) is 18.1 Å². The minimum atomic E-state index is -0.839. The fraction of sp³-hybridized carbons (Fsp3) is 0.294.